The third-order valence-corrected chi connectivity index (χ3v) is 5.33. The number of hydrogen-bond donors (Lipinski definition) is 2. The van der Waals surface area contributed by atoms with Gasteiger partial charge in [0.05, 0.1) is 17.7 Å². The maximum Gasteiger partial charge on any atom is 0.283 e. The van der Waals surface area contributed by atoms with E-state index in [2.05, 4.69) is 15.3 Å². The minimum atomic E-state index is -2.80. The zero-order chi connectivity index (χ0) is 25.1. The van der Waals surface area contributed by atoms with E-state index in [1.54, 1.807) is 26.0 Å². The number of alkyl halides is 2. The van der Waals surface area contributed by atoms with Crippen LogP contribution in [-0.2, 0) is 10.3 Å². The van der Waals surface area contributed by atoms with Crippen LogP contribution in [0, 0.1) is 11.7 Å². The van der Waals surface area contributed by atoms with Gasteiger partial charge in [-0.05, 0) is 70.7 Å². The second kappa shape index (κ2) is 9.90. The third kappa shape index (κ3) is 6.61. The Balaban J connectivity index is 1.72. The molecule has 3 N–H and O–H groups in total. The fourth-order valence-electron chi connectivity index (χ4n) is 3.04. The Kier molecular flexibility index (Phi) is 7.38. The number of pyridine rings is 1. The summed E-state index contributed by atoms with van der Waals surface area (Å²) in [5.74, 6) is -0.0150. The van der Waals surface area contributed by atoms with Crippen LogP contribution in [0.25, 0.3) is 0 Å². The highest BCUT2D eigenvalue weighted by molar-refractivity contribution is 6.04. The van der Waals surface area contributed by atoms with E-state index in [4.69, 9.17) is 15.2 Å². The minimum Gasteiger partial charge on any atom is -0.477 e. The molecule has 1 aliphatic carbocycles. The monoisotopic (exact) mass is 478 g/mol. The molecule has 0 bridgehead atoms. The summed E-state index contributed by atoms with van der Waals surface area (Å²) in [5.41, 5.74) is 3.28. The van der Waals surface area contributed by atoms with E-state index >= 15 is 0 Å². The van der Waals surface area contributed by atoms with Crippen LogP contribution in [0.4, 0.5) is 18.9 Å². The topological polar surface area (TPSA) is 98.8 Å². The first-order valence-electron chi connectivity index (χ1n) is 10.9. The first kappa shape index (κ1) is 25.3. The molecule has 1 fully saturated rings. The van der Waals surface area contributed by atoms with Crippen LogP contribution in [0.1, 0.15) is 56.5 Å². The summed E-state index contributed by atoms with van der Waals surface area (Å²) >= 11 is 0. The summed E-state index contributed by atoms with van der Waals surface area (Å²) in [7, 11) is 0. The number of nitrogens with zero attached hydrogens (tertiary/aromatic N) is 2. The van der Waals surface area contributed by atoms with E-state index in [9.17, 15) is 18.0 Å². The zero-order valence-electron chi connectivity index (χ0n) is 19.6. The van der Waals surface area contributed by atoms with Gasteiger partial charge >= 0.3 is 0 Å². The lowest BCUT2D eigenvalue weighted by Crippen LogP contribution is -2.39. The van der Waals surface area contributed by atoms with Gasteiger partial charge in [-0.15, -0.1) is 0 Å². The quantitative estimate of drug-likeness (QED) is 0.396. The Morgan fingerprint density at radius 3 is 2.53 bits per heavy atom. The van der Waals surface area contributed by atoms with E-state index < -0.39 is 35.3 Å². The summed E-state index contributed by atoms with van der Waals surface area (Å²) in [6.45, 7) is 6.05. The Labute approximate surface area is 196 Å². The van der Waals surface area contributed by atoms with Crippen molar-refractivity contribution in [3.8, 4) is 5.88 Å². The van der Waals surface area contributed by atoms with Gasteiger partial charge in [-0.25, -0.2) is 23.1 Å². The third-order valence-electron chi connectivity index (χ3n) is 5.33. The van der Waals surface area contributed by atoms with Crippen LogP contribution in [0.5, 0.6) is 5.88 Å². The highest BCUT2D eigenvalue weighted by Gasteiger charge is 2.34. The number of halogens is 3. The highest BCUT2D eigenvalue weighted by Crippen LogP contribution is 2.31. The first-order chi connectivity index (χ1) is 15.9. The van der Waals surface area contributed by atoms with Gasteiger partial charge in [0, 0.05) is 23.5 Å². The number of nitrogens with two attached hydrogens (primary N) is 1. The summed E-state index contributed by atoms with van der Waals surface area (Å²) in [5, 5.41) is 2.69. The summed E-state index contributed by atoms with van der Waals surface area (Å²) in [6.07, 6.45) is 0.928. The number of amides is 1. The minimum absolute atomic E-state index is 0.0913. The molecule has 1 heterocycles. The standard InChI is InChI=1S/C24H29F3N4O3/c1-23(2,31-22(28)34-24(3,4)21(26)27)17-11-16(8-9-18(17)25)30-20(32)15-7-10-19(29-12-15)33-13-14-5-6-14/h7-12,14,21H,5-6,13H2,1-4H3,(H2,28,31)(H,30,32). The molecule has 184 valence electrons. The van der Waals surface area contributed by atoms with Crippen molar-refractivity contribution in [1.82, 2.24) is 4.98 Å². The molecule has 7 nitrogen and oxygen atoms in total. The molecule has 3 rings (SSSR count). The Morgan fingerprint density at radius 2 is 1.94 bits per heavy atom. The van der Waals surface area contributed by atoms with Gasteiger partial charge in [-0.1, -0.05) is 0 Å². The van der Waals surface area contributed by atoms with Gasteiger partial charge in [0.1, 0.15) is 5.82 Å². The van der Waals surface area contributed by atoms with Gasteiger partial charge in [0.2, 0.25) is 5.88 Å². The van der Waals surface area contributed by atoms with E-state index in [0.29, 0.717) is 29.7 Å². The number of amidine groups is 1. The van der Waals surface area contributed by atoms with Crippen LogP contribution in [0.3, 0.4) is 0 Å². The largest absolute Gasteiger partial charge is 0.477 e. The van der Waals surface area contributed by atoms with E-state index in [0.717, 1.165) is 12.8 Å². The summed E-state index contributed by atoms with van der Waals surface area (Å²) < 4.78 is 51.3. The van der Waals surface area contributed by atoms with Crippen LogP contribution in [0.2, 0.25) is 0 Å². The van der Waals surface area contributed by atoms with Gasteiger partial charge in [0.15, 0.2) is 5.60 Å². The number of ether oxygens (including phenoxy) is 2. The van der Waals surface area contributed by atoms with Gasteiger partial charge in [0.25, 0.3) is 18.4 Å². The van der Waals surface area contributed by atoms with Crippen LogP contribution < -0.4 is 15.8 Å². The maximum atomic E-state index is 14.6. The predicted molar refractivity (Wildman–Crippen MR) is 123 cm³/mol. The smallest absolute Gasteiger partial charge is 0.283 e. The summed E-state index contributed by atoms with van der Waals surface area (Å²) in [4.78, 5) is 20.9. The Morgan fingerprint density at radius 1 is 1.24 bits per heavy atom. The fourth-order valence-corrected chi connectivity index (χ4v) is 3.04. The lowest BCUT2D eigenvalue weighted by molar-refractivity contribution is -0.0608. The van der Waals surface area contributed by atoms with Gasteiger partial charge < -0.3 is 20.5 Å². The average Bonchev–Trinajstić information content (AvgIpc) is 3.57. The molecule has 1 aromatic carbocycles. The molecule has 0 radical (unpaired) electrons. The Bertz CT molecular complexity index is 1050. The lowest BCUT2D eigenvalue weighted by Gasteiger charge is -2.27. The molecule has 34 heavy (non-hydrogen) atoms. The number of carbonyl (C=O) groups is 1. The highest BCUT2D eigenvalue weighted by atomic mass is 19.3. The first-order valence-corrected chi connectivity index (χ1v) is 10.9. The van der Waals surface area contributed by atoms with Gasteiger partial charge in [-0.2, -0.15) is 0 Å². The zero-order valence-corrected chi connectivity index (χ0v) is 19.6. The van der Waals surface area contributed by atoms with Gasteiger partial charge in [-0.3, -0.25) is 4.79 Å². The molecule has 0 unspecified atom stereocenters. The van der Waals surface area contributed by atoms with Crippen molar-refractivity contribution < 1.29 is 27.4 Å². The molecule has 2 aromatic rings. The molecule has 0 atom stereocenters. The predicted octanol–water partition coefficient (Wildman–Crippen LogP) is 4.87. The number of rotatable bonds is 9. The van der Waals surface area contributed by atoms with E-state index in [1.807, 2.05) is 0 Å². The number of carbonyl (C=O) groups excluding carboxylic acids is 1. The molecular formula is C24H29F3N4O3. The normalized spacial score (nSPS) is 14.8. The van der Waals surface area contributed by atoms with E-state index in [-0.39, 0.29) is 5.56 Å². The van der Waals surface area contributed by atoms with Crippen molar-refractivity contribution in [3.63, 3.8) is 0 Å². The summed E-state index contributed by atoms with van der Waals surface area (Å²) in [6, 6.07) is 6.69. The van der Waals surface area contributed by atoms with E-state index in [1.165, 1.54) is 38.2 Å². The molecule has 1 amide bonds. The number of aliphatic imine (C=N–C) groups is 1. The number of benzene rings is 1. The SMILES string of the molecule is CC(C)(/N=C(/N)OC(C)(C)C(F)F)c1cc(NC(=O)c2ccc(OCC3CC3)nc2)ccc1F. The molecule has 0 spiro atoms. The number of anilines is 1. The van der Waals surface area contributed by atoms with Crippen molar-refractivity contribution in [1.29, 1.82) is 0 Å². The van der Waals surface area contributed by atoms with Crippen molar-refractivity contribution in [3.05, 3.63) is 53.5 Å². The Hall–Kier alpha value is -3.30. The number of aromatic nitrogens is 1. The van der Waals surface area contributed by atoms with Crippen LogP contribution in [0.15, 0.2) is 41.5 Å². The molecule has 1 aliphatic rings. The second-order valence-corrected chi connectivity index (χ2v) is 9.30. The molecule has 10 heteroatoms. The van der Waals surface area contributed by atoms with Crippen molar-refractivity contribution >= 4 is 17.6 Å². The van der Waals surface area contributed by atoms with Crippen LogP contribution >= 0.6 is 0 Å². The van der Waals surface area contributed by atoms with Crippen molar-refractivity contribution in [2.75, 3.05) is 11.9 Å². The number of hydrogen-bond acceptors (Lipinski definition) is 5. The average molecular weight is 479 g/mol. The van der Waals surface area contributed by atoms with Crippen molar-refractivity contribution in [2.24, 2.45) is 16.6 Å². The molecule has 0 aliphatic heterocycles. The fraction of sp³-hybridized carbons (Fsp3) is 0.458. The second-order valence-electron chi connectivity index (χ2n) is 9.30. The molecule has 1 aromatic heterocycles. The molecule has 1 saturated carbocycles. The van der Waals surface area contributed by atoms with Crippen LogP contribution in [-0.4, -0.2) is 35.5 Å². The number of nitrogens with one attached hydrogen (secondary N) is 1. The lowest BCUT2D eigenvalue weighted by atomic mass is 9.94. The van der Waals surface area contributed by atoms with Crippen molar-refractivity contribution in [2.45, 2.75) is 58.1 Å². The molecular weight excluding hydrogens is 449 g/mol. The maximum absolute atomic E-state index is 14.6. The molecule has 0 saturated heterocycles.